The third-order valence-electron chi connectivity index (χ3n) is 8.03. The van der Waals surface area contributed by atoms with Gasteiger partial charge in [0, 0.05) is 18.9 Å². The molecule has 2 atom stereocenters. The largest absolute Gasteiger partial charge is 0.485 e. The minimum atomic E-state index is -3.06. The number of aliphatic hydroxyl groups is 2. The minimum absolute atomic E-state index is 0.252. The van der Waals surface area contributed by atoms with E-state index in [-0.39, 0.29) is 6.61 Å². The highest BCUT2D eigenvalue weighted by atomic mass is 16.6. The SMILES string of the molecule is O=C(C=Cc1ccc(OCc2ccccc2)c(OCc2ccccc2)c1)OC(=O)C(O)(Cc1ccccc1)C(O)(Cc1ccccc1)C(=O)O. The van der Waals surface area contributed by atoms with E-state index in [0.717, 1.165) is 17.2 Å². The van der Waals surface area contributed by atoms with Crippen LogP contribution in [-0.4, -0.2) is 44.4 Å². The molecular weight excluding hydrogens is 636 g/mol. The molecular formula is C41H36O9. The van der Waals surface area contributed by atoms with E-state index >= 15 is 0 Å². The zero-order valence-corrected chi connectivity index (χ0v) is 27.1. The highest BCUT2D eigenvalue weighted by Crippen LogP contribution is 2.33. The van der Waals surface area contributed by atoms with Gasteiger partial charge in [-0.05, 0) is 46.0 Å². The molecule has 0 aromatic heterocycles. The Hall–Kier alpha value is -6.03. The van der Waals surface area contributed by atoms with Gasteiger partial charge in [-0.25, -0.2) is 14.4 Å². The van der Waals surface area contributed by atoms with Crippen molar-refractivity contribution < 1.29 is 43.9 Å². The van der Waals surface area contributed by atoms with Crippen molar-refractivity contribution >= 4 is 24.0 Å². The van der Waals surface area contributed by atoms with Crippen LogP contribution in [0.4, 0.5) is 0 Å². The molecule has 0 aliphatic carbocycles. The van der Waals surface area contributed by atoms with Crippen LogP contribution < -0.4 is 9.47 Å². The number of carbonyl (C=O) groups excluding carboxylic acids is 2. The maximum atomic E-state index is 13.6. The lowest BCUT2D eigenvalue weighted by atomic mass is 9.74. The fourth-order valence-electron chi connectivity index (χ4n) is 5.27. The average molecular weight is 673 g/mol. The molecule has 5 aromatic rings. The van der Waals surface area contributed by atoms with Crippen LogP contribution in [0.25, 0.3) is 6.08 Å². The summed E-state index contributed by atoms with van der Waals surface area (Å²) in [4.78, 5) is 39.1. The standard InChI is InChI=1S/C41H36O9/c42-37(50-39(45)41(47,27-32-15-7-2-8-16-32)40(46,38(43)44)26-31-13-5-1-6-14-31)24-22-30-21-23-35(48-28-33-17-9-3-10-18-33)36(25-30)49-29-34-19-11-4-12-20-34/h1-25,46-47H,26-29H2,(H,43,44). The quantitative estimate of drug-likeness (QED) is 0.0699. The van der Waals surface area contributed by atoms with Crippen molar-refractivity contribution in [3.05, 3.63) is 173 Å². The van der Waals surface area contributed by atoms with Crippen LogP contribution in [0.15, 0.2) is 146 Å². The smallest absolute Gasteiger partial charge is 0.350 e. The first-order valence-corrected chi connectivity index (χ1v) is 15.8. The van der Waals surface area contributed by atoms with E-state index in [1.54, 1.807) is 78.9 Å². The molecule has 3 N–H and O–H groups in total. The zero-order valence-electron chi connectivity index (χ0n) is 27.1. The van der Waals surface area contributed by atoms with E-state index in [1.165, 1.54) is 6.08 Å². The van der Waals surface area contributed by atoms with E-state index in [9.17, 15) is 29.7 Å². The number of carbonyl (C=O) groups is 3. The third-order valence-corrected chi connectivity index (χ3v) is 8.03. The Bertz CT molecular complexity index is 1910. The maximum absolute atomic E-state index is 13.6. The van der Waals surface area contributed by atoms with Crippen molar-refractivity contribution in [2.24, 2.45) is 0 Å². The average Bonchev–Trinajstić information content (AvgIpc) is 3.14. The van der Waals surface area contributed by atoms with Crippen molar-refractivity contribution in [1.29, 1.82) is 0 Å². The molecule has 0 saturated carbocycles. The second-order valence-electron chi connectivity index (χ2n) is 11.6. The zero-order chi connectivity index (χ0) is 35.4. The van der Waals surface area contributed by atoms with Crippen LogP contribution in [0.1, 0.15) is 27.8 Å². The Kier molecular flexibility index (Phi) is 11.6. The first-order chi connectivity index (χ1) is 24.2. The van der Waals surface area contributed by atoms with Crippen molar-refractivity contribution in [1.82, 2.24) is 0 Å². The van der Waals surface area contributed by atoms with Crippen molar-refractivity contribution in [3.63, 3.8) is 0 Å². The first-order valence-electron chi connectivity index (χ1n) is 15.8. The topological polar surface area (TPSA) is 140 Å². The van der Waals surface area contributed by atoms with Gasteiger partial charge in [0.25, 0.3) is 0 Å². The maximum Gasteiger partial charge on any atom is 0.350 e. The summed E-state index contributed by atoms with van der Waals surface area (Å²) in [5.74, 6) is -3.80. The van der Waals surface area contributed by atoms with Gasteiger partial charge in [-0.1, -0.05) is 127 Å². The predicted octanol–water partition coefficient (Wildman–Crippen LogP) is 5.96. The molecule has 0 radical (unpaired) electrons. The molecule has 9 nitrogen and oxygen atoms in total. The first kappa shape index (κ1) is 35.3. The van der Waals surface area contributed by atoms with Gasteiger partial charge in [0.1, 0.15) is 13.2 Å². The molecule has 0 bridgehead atoms. The Morgan fingerprint density at radius 3 is 1.48 bits per heavy atom. The number of hydrogen-bond donors (Lipinski definition) is 3. The molecule has 0 saturated heterocycles. The van der Waals surface area contributed by atoms with Crippen LogP contribution in [0, 0.1) is 0 Å². The van der Waals surface area contributed by atoms with Crippen LogP contribution in [0.3, 0.4) is 0 Å². The van der Waals surface area contributed by atoms with Gasteiger partial charge in [0.15, 0.2) is 11.5 Å². The number of hydrogen-bond acceptors (Lipinski definition) is 8. The number of esters is 2. The van der Waals surface area contributed by atoms with Crippen LogP contribution in [-0.2, 0) is 45.2 Å². The van der Waals surface area contributed by atoms with Gasteiger partial charge in [0.2, 0.25) is 11.2 Å². The number of benzene rings is 5. The summed E-state index contributed by atoms with van der Waals surface area (Å²) in [6.45, 7) is 0.548. The number of aliphatic carboxylic acids is 1. The fourth-order valence-corrected chi connectivity index (χ4v) is 5.27. The van der Waals surface area contributed by atoms with Gasteiger partial charge >= 0.3 is 17.9 Å². The molecule has 2 unspecified atom stereocenters. The lowest BCUT2D eigenvalue weighted by Gasteiger charge is -2.38. The van der Waals surface area contributed by atoms with E-state index in [4.69, 9.17) is 14.2 Å². The van der Waals surface area contributed by atoms with Crippen LogP contribution >= 0.6 is 0 Å². The summed E-state index contributed by atoms with van der Waals surface area (Å²) >= 11 is 0. The normalized spacial score (nSPS) is 13.5. The van der Waals surface area contributed by atoms with Gasteiger partial charge in [0.05, 0.1) is 0 Å². The van der Waals surface area contributed by atoms with Crippen LogP contribution in [0.2, 0.25) is 0 Å². The Balaban J connectivity index is 1.36. The number of carboxylic acids is 1. The molecule has 50 heavy (non-hydrogen) atoms. The lowest BCUT2D eigenvalue weighted by molar-refractivity contribution is -0.210. The molecule has 0 heterocycles. The predicted molar refractivity (Wildman–Crippen MR) is 186 cm³/mol. The van der Waals surface area contributed by atoms with E-state index in [1.807, 2.05) is 60.7 Å². The third kappa shape index (κ3) is 8.90. The van der Waals surface area contributed by atoms with Gasteiger partial charge < -0.3 is 29.5 Å². The molecule has 0 fully saturated rings. The number of ether oxygens (including phenoxy) is 3. The fraction of sp³-hybridized carbons (Fsp3) is 0.146. The van der Waals surface area contributed by atoms with Crippen LogP contribution in [0.5, 0.6) is 11.5 Å². The molecule has 9 heteroatoms. The summed E-state index contributed by atoms with van der Waals surface area (Å²) < 4.78 is 17.1. The molecule has 0 aliphatic heterocycles. The van der Waals surface area contributed by atoms with E-state index < -0.39 is 42.0 Å². The van der Waals surface area contributed by atoms with Crippen molar-refractivity contribution in [3.8, 4) is 11.5 Å². The Labute approximate surface area is 289 Å². The highest BCUT2D eigenvalue weighted by Gasteiger charge is 2.61. The monoisotopic (exact) mass is 672 g/mol. The molecule has 0 aliphatic rings. The molecule has 5 rings (SSSR count). The molecule has 0 amide bonds. The van der Waals surface area contributed by atoms with Crippen molar-refractivity contribution in [2.45, 2.75) is 37.3 Å². The number of carboxylic acid groups (broad SMARTS) is 1. The van der Waals surface area contributed by atoms with Gasteiger partial charge in [-0.15, -0.1) is 0 Å². The summed E-state index contributed by atoms with van der Waals surface area (Å²) in [6, 6.07) is 40.3. The minimum Gasteiger partial charge on any atom is -0.485 e. The second kappa shape index (κ2) is 16.4. The molecule has 254 valence electrons. The van der Waals surface area contributed by atoms with Gasteiger partial charge in [-0.3, -0.25) is 0 Å². The van der Waals surface area contributed by atoms with Gasteiger partial charge in [-0.2, -0.15) is 0 Å². The molecule has 0 spiro atoms. The van der Waals surface area contributed by atoms with E-state index in [2.05, 4.69) is 0 Å². The highest BCUT2D eigenvalue weighted by molar-refractivity contribution is 6.00. The van der Waals surface area contributed by atoms with E-state index in [0.29, 0.717) is 34.8 Å². The summed E-state index contributed by atoms with van der Waals surface area (Å²) in [7, 11) is 0. The summed E-state index contributed by atoms with van der Waals surface area (Å²) in [6.07, 6.45) is 1.04. The van der Waals surface area contributed by atoms with Crippen molar-refractivity contribution in [2.75, 3.05) is 0 Å². The lowest BCUT2D eigenvalue weighted by Crippen LogP contribution is -2.66. The molecule has 5 aromatic carbocycles. The Morgan fingerprint density at radius 2 is 1.00 bits per heavy atom. The summed E-state index contributed by atoms with van der Waals surface area (Å²) in [5, 5.41) is 33.4. The Morgan fingerprint density at radius 1 is 0.560 bits per heavy atom. The summed E-state index contributed by atoms with van der Waals surface area (Å²) in [5.41, 5.74) is -3.06. The second-order valence-corrected chi connectivity index (χ2v) is 11.6. The number of rotatable bonds is 15.